The summed E-state index contributed by atoms with van der Waals surface area (Å²) in [6, 6.07) is 7.47. The fourth-order valence-electron chi connectivity index (χ4n) is 0.826. The van der Waals surface area contributed by atoms with Gasteiger partial charge in [0.15, 0.2) is 0 Å². The van der Waals surface area contributed by atoms with Crippen molar-refractivity contribution in [2.24, 2.45) is 0 Å². The Hall–Kier alpha value is -0.580. The van der Waals surface area contributed by atoms with Gasteiger partial charge in [0.2, 0.25) is 5.91 Å². The van der Waals surface area contributed by atoms with E-state index in [0.717, 1.165) is 11.3 Å². The molecular formula is C9H9INO. The van der Waals surface area contributed by atoms with Crippen LogP contribution in [0.5, 0.6) is 0 Å². The van der Waals surface area contributed by atoms with E-state index < -0.39 is 0 Å². The average Bonchev–Trinajstić information content (AvgIpc) is 2.09. The van der Waals surface area contributed by atoms with Gasteiger partial charge in [0.1, 0.15) is 0 Å². The van der Waals surface area contributed by atoms with E-state index in [9.17, 15) is 4.79 Å². The Morgan fingerprint density at radius 2 is 2.17 bits per heavy atom. The summed E-state index contributed by atoms with van der Waals surface area (Å²) >= 11 is 2.02. The number of carbonyl (C=O) groups excluding carboxylic acids is 1. The topological polar surface area (TPSA) is 29.1 Å². The molecule has 3 heteroatoms. The van der Waals surface area contributed by atoms with Crippen LogP contribution in [0.25, 0.3) is 0 Å². The maximum Gasteiger partial charge on any atom is 0.234 e. The lowest BCUT2D eigenvalue weighted by Crippen LogP contribution is -2.12. The summed E-state index contributed by atoms with van der Waals surface area (Å²) in [6.45, 7) is 3.79. The molecule has 0 saturated heterocycles. The lowest BCUT2D eigenvalue weighted by Gasteiger charge is -2.05. The Kier molecular flexibility index (Phi) is 3.52. The third kappa shape index (κ3) is 2.48. The van der Waals surface area contributed by atoms with E-state index >= 15 is 0 Å². The summed E-state index contributed by atoms with van der Waals surface area (Å²) in [5, 5.41) is 2.75. The van der Waals surface area contributed by atoms with Crippen molar-refractivity contribution in [1.29, 1.82) is 0 Å². The highest BCUT2D eigenvalue weighted by Gasteiger charge is 2.00. The molecule has 0 unspecified atom stereocenters. The molecule has 0 fully saturated rings. The van der Waals surface area contributed by atoms with E-state index in [1.807, 2.05) is 46.9 Å². The molecule has 0 atom stereocenters. The summed E-state index contributed by atoms with van der Waals surface area (Å²) in [4.78, 5) is 11.0. The van der Waals surface area contributed by atoms with Crippen molar-refractivity contribution in [3.05, 3.63) is 36.8 Å². The molecule has 0 aliphatic heterocycles. The summed E-state index contributed by atoms with van der Waals surface area (Å²) in [6.07, 6.45) is 0. The van der Waals surface area contributed by atoms with E-state index in [1.165, 1.54) is 0 Å². The molecule has 63 valence electrons. The molecule has 1 N–H and O–H groups in total. The lowest BCUT2D eigenvalue weighted by atomic mass is 10.2. The van der Waals surface area contributed by atoms with Gasteiger partial charge in [-0.05, 0) is 18.6 Å². The smallest absolute Gasteiger partial charge is 0.234 e. The van der Waals surface area contributed by atoms with Gasteiger partial charge in [-0.15, -0.1) is 0 Å². The first-order chi connectivity index (χ1) is 5.74. The molecular weight excluding hydrogens is 265 g/mol. The molecule has 12 heavy (non-hydrogen) atoms. The number of amides is 1. The van der Waals surface area contributed by atoms with Crippen LogP contribution in [0.1, 0.15) is 5.56 Å². The quantitative estimate of drug-likeness (QED) is 0.650. The Balaban J connectivity index is 2.75. The van der Waals surface area contributed by atoms with Gasteiger partial charge in [-0.2, -0.15) is 0 Å². The number of rotatable bonds is 2. The van der Waals surface area contributed by atoms with Crippen molar-refractivity contribution in [2.75, 3.05) is 9.74 Å². The zero-order valence-electron chi connectivity index (χ0n) is 6.51. The van der Waals surface area contributed by atoms with Crippen LogP contribution < -0.4 is 5.32 Å². The van der Waals surface area contributed by atoms with Crippen molar-refractivity contribution in [1.82, 2.24) is 0 Å². The Bertz CT molecular complexity index is 286. The molecule has 2 nitrogen and oxygen atoms in total. The predicted octanol–water partition coefficient (Wildman–Crippen LogP) is 2.24. The van der Waals surface area contributed by atoms with E-state index in [1.54, 1.807) is 0 Å². The van der Waals surface area contributed by atoms with Gasteiger partial charge in [0.05, 0.1) is 4.43 Å². The number of halogens is 1. The molecule has 0 bridgehead atoms. The highest BCUT2D eigenvalue weighted by Crippen LogP contribution is 2.12. The number of para-hydroxylation sites is 1. The number of nitrogens with one attached hydrogen (secondary N) is 1. The van der Waals surface area contributed by atoms with E-state index in [-0.39, 0.29) is 5.91 Å². The van der Waals surface area contributed by atoms with E-state index in [2.05, 4.69) is 12.2 Å². The highest BCUT2D eigenvalue weighted by atomic mass is 127. The third-order valence-electron chi connectivity index (χ3n) is 1.41. The lowest BCUT2D eigenvalue weighted by molar-refractivity contribution is -0.113. The largest absolute Gasteiger partial charge is 0.325 e. The standard InChI is InChI=1S/C9H9INO/c1-7-4-2-3-5-8(7)11-9(12)6-10/h2-5H,1,6H2,(H,11,12). The number of carbonyl (C=O) groups is 1. The first kappa shape index (κ1) is 9.51. The van der Waals surface area contributed by atoms with Crippen molar-refractivity contribution in [3.63, 3.8) is 0 Å². The molecule has 0 spiro atoms. The second-order valence-electron chi connectivity index (χ2n) is 2.34. The van der Waals surface area contributed by atoms with E-state index in [4.69, 9.17) is 0 Å². The summed E-state index contributed by atoms with van der Waals surface area (Å²) in [5.41, 5.74) is 1.63. The third-order valence-corrected chi connectivity index (χ3v) is 2.11. The zero-order valence-corrected chi connectivity index (χ0v) is 8.67. The number of benzene rings is 1. The Morgan fingerprint density at radius 1 is 1.50 bits per heavy atom. The first-order valence-electron chi connectivity index (χ1n) is 3.51. The SMILES string of the molecule is [CH2]c1ccccc1NC(=O)CI. The molecule has 1 rings (SSSR count). The summed E-state index contributed by atoms with van der Waals surface area (Å²) in [7, 11) is 0. The molecule has 0 aromatic heterocycles. The minimum absolute atomic E-state index is 0.00620. The summed E-state index contributed by atoms with van der Waals surface area (Å²) < 4.78 is 0.464. The van der Waals surface area contributed by atoms with Crippen LogP contribution in [-0.4, -0.2) is 10.3 Å². The molecule has 1 radical (unpaired) electrons. The van der Waals surface area contributed by atoms with Gasteiger partial charge in [-0.3, -0.25) is 4.79 Å². The van der Waals surface area contributed by atoms with Crippen LogP contribution in [0, 0.1) is 6.92 Å². The van der Waals surface area contributed by atoms with Crippen LogP contribution in [-0.2, 0) is 4.79 Å². The fraction of sp³-hybridized carbons (Fsp3) is 0.111. The van der Waals surface area contributed by atoms with Gasteiger partial charge in [0, 0.05) is 5.69 Å². The molecule has 1 aromatic rings. The maximum atomic E-state index is 11.0. The Labute approximate surface area is 85.5 Å². The van der Waals surface area contributed by atoms with Crippen molar-refractivity contribution >= 4 is 34.2 Å². The minimum Gasteiger partial charge on any atom is -0.325 e. The Morgan fingerprint density at radius 3 is 2.75 bits per heavy atom. The van der Waals surface area contributed by atoms with Crippen molar-refractivity contribution in [3.8, 4) is 0 Å². The van der Waals surface area contributed by atoms with E-state index in [0.29, 0.717) is 4.43 Å². The second-order valence-corrected chi connectivity index (χ2v) is 3.10. The van der Waals surface area contributed by atoms with Gasteiger partial charge in [0.25, 0.3) is 0 Å². The van der Waals surface area contributed by atoms with Crippen LogP contribution in [0.15, 0.2) is 24.3 Å². The maximum absolute atomic E-state index is 11.0. The predicted molar refractivity (Wildman–Crippen MR) is 58.4 cm³/mol. The van der Waals surface area contributed by atoms with Crippen LogP contribution in [0.4, 0.5) is 5.69 Å². The molecule has 1 amide bonds. The summed E-state index contributed by atoms with van der Waals surface area (Å²) in [5.74, 6) is 0.00620. The van der Waals surface area contributed by atoms with Crippen LogP contribution in [0.3, 0.4) is 0 Å². The van der Waals surface area contributed by atoms with Crippen molar-refractivity contribution in [2.45, 2.75) is 0 Å². The molecule has 0 aliphatic rings. The first-order valence-corrected chi connectivity index (χ1v) is 5.03. The molecule has 0 saturated carbocycles. The fourth-order valence-corrected chi connectivity index (χ4v) is 1.02. The van der Waals surface area contributed by atoms with Crippen LogP contribution in [0.2, 0.25) is 0 Å². The van der Waals surface area contributed by atoms with Gasteiger partial charge < -0.3 is 5.32 Å². The van der Waals surface area contributed by atoms with Gasteiger partial charge in [-0.25, -0.2) is 0 Å². The minimum atomic E-state index is 0.00620. The van der Waals surface area contributed by atoms with Crippen molar-refractivity contribution < 1.29 is 4.79 Å². The molecule has 1 aromatic carbocycles. The zero-order chi connectivity index (χ0) is 8.97. The number of anilines is 1. The normalized spacial score (nSPS) is 9.50. The monoisotopic (exact) mass is 274 g/mol. The average molecular weight is 274 g/mol. The van der Waals surface area contributed by atoms with Gasteiger partial charge >= 0.3 is 0 Å². The highest BCUT2D eigenvalue weighted by molar-refractivity contribution is 14.1. The second kappa shape index (κ2) is 4.45. The number of hydrogen-bond donors (Lipinski definition) is 1. The number of hydrogen-bond acceptors (Lipinski definition) is 1. The molecule has 0 heterocycles. The molecule has 0 aliphatic carbocycles. The van der Waals surface area contributed by atoms with Gasteiger partial charge in [-0.1, -0.05) is 40.8 Å². The number of alkyl halides is 1. The van der Waals surface area contributed by atoms with Crippen LogP contribution >= 0.6 is 22.6 Å².